The summed E-state index contributed by atoms with van der Waals surface area (Å²) in [6.45, 7) is 4.91. The van der Waals surface area contributed by atoms with Gasteiger partial charge in [0.2, 0.25) is 10.0 Å². The molecule has 144 valence electrons. The van der Waals surface area contributed by atoms with Crippen LogP contribution in [0.2, 0.25) is 0 Å². The van der Waals surface area contributed by atoms with Crippen molar-refractivity contribution in [2.75, 3.05) is 26.3 Å². The van der Waals surface area contributed by atoms with Crippen LogP contribution >= 0.6 is 0 Å². The minimum Gasteiger partial charge on any atom is -0.379 e. The second-order valence-corrected chi connectivity index (χ2v) is 8.31. The van der Waals surface area contributed by atoms with E-state index in [-0.39, 0.29) is 35.9 Å². The first-order chi connectivity index (χ1) is 12.9. The molecule has 3 rings (SSSR count). The van der Waals surface area contributed by atoms with Gasteiger partial charge < -0.3 is 14.1 Å². The molecule has 0 unspecified atom stereocenters. The lowest BCUT2D eigenvalue weighted by Gasteiger charge is -2.26. The molecule has 1 aromatic carbocycles. The van der Waals surface area contributed by atoms with Crippen LogP contribution < -0.4 is 0 Å². The number of ether oxygens (including phenoxy) is 1. The highest BCUT2D eigenvalue weighted by Gasteiger charge is 2.31. The summed E-state index contributed by atoms with van der Waals surface area (Å²) < 4.78 is 34.4. The fourth-order valence-electron chi connectivity index (χ4n) is 3.34. The predicted molar refractivity (Wildman–Crippen MR) is 99.4 cm³/mol. The molecule has 1 aliphatic heterocycles. The van der Waals surface area contributed by atoms with Gasteiger partial charge in [-0.1, -0.05) is 12.1 Å². The molecule has 1 saturated heterocycles. The highest BCUT2D eigenvalue weighted by molar-refractivity contribution is 7.89. The minimum absolute atomic E-state index is 0.00269. The molecule has 0 bridgehead atoms. The van der Waals surface area contributed by atoms with Crippen molar-refractivity contribution in [3.8, 4) is 0 Å². The van der Waals surface area contributed by atoms with Crippen molar-refractivity contribution in [3.05, 3.63) is 52.8 Å². The predicted octanol–water partition coefficient (Wildman–Crippen LogP) is 1.56. The molecular weight excluding hydrogens is 368 g/mol. The summed E-state index contributed by atoms with van der Waals surface area (Å²) in [5, 5.41) is 0. The second-order valence-electron chi connectivity index (χ2n) is 6.40. The quantitative estimate of drug-likeness (QED) is 0.552. The first-order valence-corrected chi connectivity index (χ1v) is 10.1. The van der Waals surface area contributed by atoms with Crippen LogP contribution in [0.25, 0.3) is 0 Å². The highest BCUT2D eigenvalue weighted by atomic mass is 32.2. The molecule has 27 heavy (non-hydrogen) atoms. The van der Waals surface area contributed by atoms with Gasteiger partial charge in [-0.3, -0.25) is 4.79 Å². The fraction of sp³-hybridized carbons (Fsp3) is 0.368. The van der Waals surface area contributed by atoms with E-state index in [9.17, 15) is 18.0 Å². The molecule has 1 fully saturated rings. The summed E-state index contributed by atoms with van der Waals surface area (Å²) in [5.41, 5.74) is 1.95. The third kappa shape index (κ3) is 3.60. The number of ketones is 1. The molecule has 7 nitrogen and oxygen atoms in total. The first-order valence-electron chi connectivity index (χ1n) is 8.70. The van der Waals surface area contributed by atoms with Crippen LogP contribution in [-0.4, -0.2) is 55.7 Å². The van der Waals surface area contributed by atoms with E-state index in [2.05, 4.69) is 0 Å². The molecule has 0 atom stereocenters. The van der Waals surface area contributed by atoms with Crippen LogP contribution in [-0.2, 0) is 26.1 Å². The molecule has 1 aromatic heterocycles. The number of sulfonamides is 1. The highest BCUT2D eigenvalue weighted by Crippen LogP contribution is 2.26. The Morgan fingerprint density at radius 3 is 2.48 bits per heavy atom. The normalized spacial score (nSPS) is 15.6. The van der Waals surface area contributed by atoms with Crippen molar-refractivity contribution in [1.29, 1.82) is 0 Å². The minimum atomic E-state index is -3.80. The lowest BCUT2D eigenvalue weighted by atomic mass is 10.0. The van der Waals surface area contributed by atoms with Gasteiger partial charge in [0.15, 0.2) is 5.78 Å². The maximum atomic E-state index is 13.2. The number of aldehydes is 1. The van der Waals surface area contributed by atoms with Crippen molar-refractivity contribution in [2.24, 2.45) is 0 Å². The largest absolute Gasteiger partial charge is 0.379 e. The van der Waals surface area contributed by atoms with Gasteiger partial charge in [0.1, 0.15) is 6.29 Å². The number of hydrogen-bond acceptors (Lipinski definition) is 5. The Bertz CT molecular complexity index is 972. The molecule has 0 aliphatic carbocycles. The smallest absolute Gasteiger partial charge is 0.243 e. The van der Waals surface area contributed by atoms with Crippen LogP contribution in [0.3, 0.4) is 0 Å². The summed E-state index contributed by atoms with van der Waals surface area (Å²) in [7, 11) is -3.80. The molecule has 0 N–H and O–H groups in total. The third-order valence-electron chi connectivity index (χ3n) is 4.79. The summed E-state index contributed by atoms with van der Waals surface area (Å²) >= 11 is 0. The molecule has 0 radical (unpaired) electrons. The number of benzene rings is 1. The second kappa shape index (κ2) is 7.75. The molecular formula is C19H22N2O5S. The van der Waals surface area contributed by atoms with Crippen molar-refractivity contribution in [3.63, 3.8) is 0 Å². The number of rotatable bonds is 6. The van der Waals surface area contributed by atoms with Crippen LogP contribution in [0.4, 0.5) is 0 Å². The van der Waals surface area contributed by atoms with Gasteiger partial charge in [0, 0.05) is 35.6 Å². The van der Waals surface area contributed by atoms with E-state index >= 15 is 0 Å². The van der Waals surface area contributed by atoms with E-state index in [1.807, 2.05) is 6.92 Å². The number of morpholine rings is 1. The van der Waals surface area contributed by atoms with Crippen molar-refractivity contribution in [2.45, 2.75) is 25.3 Å². The molecule has 8 heteroatoms. The van der Waals surface area contributed by atoms with E-state index < -0.39 is 10.0 Å². The Morgan fingerprint density at radius 2 is 1.81 bits per heavy atom. The molecule has 0 amide bonds. The van der Waals surface area contributed by atoms with Gasteiger partial charge in [-0.2, -0.15) is 4.31 Å². The van der Waals surface area contributed by atoms with Crippen LogP contribution in [0.1, 0.15) is 27.3 Å². The zero-order valence-corrected chi connectivity index (χ0v) is 16.2. The van der Waals surface area contributed by atoms with Gasteiger partial charge in [0.25, 0.3) is 0 Å². The maximum Gasteiger partial charge on any atom is 0.243 e. The van der Waals surface area contributed by atoms with Gasteiger partial charge >= 0.3 is 0 Å². The zero-order chi connectivity index (χ0) is 19.6. The summed E-state index contributed by atoms with van der Waals surface area (Å²) in [6, 6.07) is 7.94. The lowest BCUT2D eigenvalue weighted by molar-refractivity contribution is -0.108. The summed E-state index contributed by atoms with van der Waals surface area (Å²) in [5.74, 6) is -0.368. The number of aryl methyl sites for hydroxylation is 1. The van der Waals surface area contributed by atoms with E-state index in [0.717, 1.165) is 12.0 Å². The molecule has 2 heterocycles. The number of nitrogens with zero attached hydrogens (tertiary/aromatic N) is 2. The van der Waals surface area contributed by atoms with E-state index in [4.69, 9.17) is 4.74 Å². The van der Waals surface area contributed by atoms with E-state index in [1.54, 1.807) is 29.7 Å². The summed E-state index contributed by atoms with van der Waals surface area (Å²) in [4.78, 5) is 24.1. The van der Waals surface area contributed by atoms with Gasteiger partial charge in [-0.15, -0.1) is 0 Å². The number of aromatic nitrogens is 1. The summed E-state index contributed by atoms with van der Waals surface area (Å²) in [6.07, 6.45) is 0.769. The fourth-order valence-corrected chi connectivity index (χ4v) is 4.93. The Hall–Kier alpha value is -2.29. The van der Waals surface area contributed by atoms with Crippen LogP contribution in [0, 0.1) is 13.8 Å². The standard InChI is InChI=1S/C19H22N2O5S/c1-14-13-17(15(2)21(14)7-10-22)19(23)16-5-3-4-6-18(16)27(24,25)20-8-11-26-12-9-20/h3-6,10,13H,7-9,11-12H2,1-2H3. The zero-order valence-electron chi connectivity index (χ0n) is 15.3. The number of carbonyl (C=O) groups is 2. The molecule has 1 aliphatic rings. The Morgan fingerprint density at radius 1 is 1.15 bits per heavy atom. The van der Waals surface area contributed by atoms with E-state index in [0.29, 0.717) is 24.5 Å². The average Bonchev–Trinajstić information content (AvgIpc) is 2.96. The van der Waals surface area contributed by atoms with Gasteiger partial charge in [-0.25, -0.2) is 8.42 Å². The van der Waals surface area contributed by atoms with Gasteiger partial charge in [0.05, 0.1) is 24.7 Å². The molecule has 0 saturated carbocycles. The number of carbonyl (C=O) groups excluding carboxylic acids is 2. The molecule has 0 spiro atoms. The SMILES string of the molecule is Cc1cc(C(=O)c2ccccc2S(=O)(=O)N2CCOCC2)c(C)n1CC=O. The lowest BCUT2D eigenvalue weighted by Crippen LogP contribution is -2.41. The topological polar surface area (TPSA) is 85.7 Å². The Balaban J connectivity index is 2.05. The molecule has 2 aromatic rings. The Labute approximate surface area is 158 Å². The van der Waals surface area contributed by atoms with Crippen LogP contribution in [0.5, 0.6) is 0 Å². The van der Waals surface area contributed by atoms with Crippen LogP contribution in [0.15, 0.2) is 35.2 Å². The number of hydrogen-bond donors (Lipinski definition) is 0. The maximum absolute atomic E-state index is 13.2. The monoisotopic (exact) mass is 390 g/mol. The first kappa shape index (κ1) is 19.5. The van der Waals surface area contributed by atoms with Gasteiger partial charge in [-0.05, 0) is 32.0 Å². The average molecular weight is 390 g/mol. The van der Waals surface area contributed by atoms with E-state index in [1.165, 1.54) is 16.4 Å². The van der Waals surface area contributed by atoms with Crippen molar-refractivity contribution in [1.82, 2.24) is 8.87 Å². The van der Waals surface area contributed by atoms with Crippen molar-refractivity contribution >= 4 is 22.1 Å². The third-order valence-corrected chi connectivity index (χ3v) is 6.75. The Kier molecular flexibility index (Phi) is 5.59. The van der Waals surface area contributed by atoms with Crippen molar-refractivity contribution < 1.29 is 22.7 Å².